The number of hydrogen-bond acceptors (Lipinski definition) is 2. The van der Waals surface area contributed by atoms with Crippen molar-refractivity contribution in [2.75, 3.05) is 6.54 Å². The first-order valence-electron chi connectivity index (χ1n) is 3.43. The van der Waals surface area contributed by atoms with Crippen LogP contribution in [0.5, 0.6) is 0 Å². The lowest BCUT2D eigenvalue weighted by Crippen LogP contribution is -2.27. The minimum absolute atomic E-state index is 0.0104. The highest BCUT2D eigenvalue weighted by Crippen LogP contribution is 1.76. The summed E-state index contributed by atoms with van der Waals surface area (Å²) in [6, 6.07) is 0. The molecule has 11 heavy (non-hydrogen) atoms. The average molecular weight is 153 g/mol. The first kappa shape index (κ1) is 9.70. The lowest BCUT2D eigenvalue weighted by atomic mass is 10.3. The summed E-state index contributed by atoms with van der Waals surface area (Å²) in [5, 5.41) is 2.37. The molecule has 0 unspecified atom stereocenters. The van der Waals surface area contributed by atoms with Crippen molar-refractivity contribution in [1.29, 1.82) is 0 Å². The zero-order valence-corrected chi connectivity index (χ0v) is 6.73. The summed E-state index contributed by atoms with van der Waals surface area (Å²) < 4.78 is 0. The van der Waals surface area contributed by atoms with Gasteiger partial charge in [-0.1, -0.05) is 12.8 Å². The van der Waals surface area contributed by atoms with E-state index in [0.717, 1.165) is 0 Å². The third-order valence-electron chi connectivity index (χ3n) is 1.08. The molecule has 0 heterocycles. The van der Waals surface area contributed by atoms with Gasteiger partial charge in [-0.25, -0.2) is 0 Å². The van der Waals surface area contributed by atoms with E-state index in [2.05, 4.69) is 17.2 Å². The Kier molecular flexibility index (Phi) is 4.83. The van der Waals surface area contributed by atoms with E-state index in [1.54, 1.807) is 13.8 Å². The van der Waals surface area contributed by atoms with Crippen LogP contribution >= 0.6 is 0 Å². The van der Waals surface area contributed by atoms with Gasteiger partial charge in [0.05, 0.1) is 6.54 Å². The van der Waals surface area contributed by atoms with Crippen molar-refractivity contribution in [3.63, 3.8) is 0 Å². The van der Waals surface area contributed by atoms with E-state index in [4.69, 9.17) is 0 Å². The van der Waals surface area contributed by atoms with E-state index in [1.807, 2.05) is 0 Å². The largest absolute Gasteiger partial charge is 0.338 e. The summed E-state index contributed by atoms with van der Waals surface area (Å²) in [6.07, 6.45) is 0.444. The molecule has 0 radical (unpaired) electrons. The molecule has 3 nitrogen and oxygen atoms in total. The second-order valence-electron chi connectivity index (χ2n) is 1.95. The monoisotopic (exact) mass is 153 g/mol. The van der Waals surface area contributed by atoms with Gasteiger partial charge >= 0.3 is 0 Å². The van der Waals surface area contributed by atoms with Crippen molar-refractivity contribution in [1.82, 2.24) is 5.32 Å². The predicted octanol–water partition coefficient (Wildman–Crippen LogP) is 0.105. The topological polar surface area (TPSA) is 46.2 Å². The highest BCUT2D eigenvalue weighted by atomic mass is 16.2. The molecule has 1 amide bonds. The van der Waals surface area contributed by atoms with Crippen LogP contribution in [-0.4, -0.2) is 18.2 Å². The van der Waals surface area contributed by atoms with Crippen LogP contribution in [0.1, 0.15) is 20.3 Å². The quantitative estimate of drug-likeness (QED) is 0.585. The Morgan fingerprint density at radius 2 is 2.09 bits per heavy atom. The van der Waals surface area contributed by atoms with Gasteiger partial charge in [0.25, 0.3) is 5.91 Å². The number of hydrogen-bond donors (Lipinski definition) is 1. The number of carbonyl (C=O) groups excluding carboxylic acids is 2. The third kappa shape index (κ3) is 5.16. The van der Waals surface area contributed by atoms with Gasteiger partial charge in [0, 0.05) is 6.42 Å². The van der Waals surface area contributed by atoms with Gasteiger partial charge in [-0.05, 0) is 12.8 Å². The van der Waals surface area contributed by atoms with Gasteiger partial charge in [-0.15, -0.1) is 0 Å². The van der Waals surface area contributed by atoms with Crippen molar-refractivity contribution < 1.29 is 9.59 Å². The van der Waals surface area contributed by atoms with E-state index in [0.29, 0.717) is 6.42 Å². The molecule has 0 spiro atoms. The van der Waals surface area contributed by atoms with Crippen molar-refractivity contribution >= 4 is 11.7 Å². The maximum Gasteiger partial charge on any atom is 0.296 e. The molecule has 3 heteroatoms. The zero-order valence-electron chi connectivity index (χ0n) is 6.73. The van der Waals surface area contributed by atoms with Gasteiger partial charge < -0.3 is 5.32 Å². The van der Waals surface area contributed by atoms with Crippen molar-refractivity contribution in [3.8, 4) is 11.8 Å². The number of amides is 1. The fraction of sp³-hybridized carbons (Fsp3) is 0.500. The summed E-state index contributed by atoms with van der Waals surface area (Å²) >= 11 is 0. The normalized spacial score (nSPS) is 7.82. The molecular weight excluding hydrogens is 142 g/mol. The van der Waals surface area contributed by atoms with Gasteiger partial charge in [0.1, 0.15) is 0 Å². The number of nitrogens with one attached hydrogen (secondary N) is 1. The second-order valence-corrected chi connectivity index (χ2v) is 1.95. The third-order valence-corrected chi connectivity index (χ3v) is 1.08. The highest BCUT2D eigenvalue weighted by Gasteiger charge is 1.98. The van der Waals surface area contributed by atoms with Gasteiger partial charge in [0.15, 0.2) is 5.78 Å². The molecule has 0 saturated heterocycles. The number of Topliss-reactive ketones (excluding diaryl/α,β-unsaturated/α-hetero) is 1. The van der Waals surface area contributed by atoms with Crippen LogP contribution in [0.4, 0.5) is 0 Å². The van der Waals surface area contributed by atoms with Gasteiger partial charge in [-0.2, -0.15) is 0 Å². The molecule has 0 saturated carbocycles. The van der Waals surface area contributed by atoms with Crippen molar-refractivity contribution in [3.05, 3.63) is 0 Å². The molecule has 60 valence electrons. The molecule has 0 aromatic carbocycles. The van der Waals surface area contributed by atoms with Crippen LogP contribution < -0.4 is 5.32 Å². The zero-order chi connectivity index (χ0) is 8.69. The van der Waals surface area contributed by atoms with Crippen LogP contribution in [0.25, 0.3) is 0 Å². The number of ketones is 1. The Hall–Kier alpha value is -1.30. The summed E-state index contributed by atoms with van der Waals surface area (Å²) in [5.41, 5.74) is 0. The van der Waals surface area contributed by atoms with Crippen LogP contribution in [0.15, 0.2) is 0 Å². The summed E-state index contributed by atoms with van der Waals surface area (Å²) in [4.78, 5) is 21.3. The Labute approximate surface area is 66.2 Å². The van der Waals surface area contributed by atoms with Crippen molar-refractivity contribution in [2.45, 2.75) is 20.3 Å². The summed E-state index contributed by atoms with van der Waals surface area (Å²) in [7, 11) is 0. The lowest BCUT2D eigenvalue weighted by molar-refractivity contribution is -0.122. The molecule has 0 aliphatic rings. The smallest absolute Gasteiger partial charge is 0.296 e. The molecule has 0 aromatic rings. The first-order valence-corrected chi connectivity index (χ1v) is 3.43. The predicted molar refractivity (Wildman–Crippen MR) is 41.8 cm³/mol. The number of carbonyl (C=O) groups is 2. The summed E-state index contributed by atoms with van der Waals surface area (Å²) in [5.74, 6) is 4.32. The molecule has 0 atom stereocenters. The highest BCUT2D eigenvalue weighted by molar-refractivity contribution is 5.96. The molecule has 0 bridgehead atoms. The molecule has 0 aromatic heterocycles. The molecular formula is C8H11NO2. The van der Waals surface area contributed by atoms with E-state index >= 15 is 0 Å². The van der Waals surface area contributed by atoms with Crippen LogP contribution in [0.2, 0.25) is 0 Å². The Morgan fingerprint density at radius 3 is 2.55 bits per heavy atom. The van der Waals surface area contributed by atoms with Gasteiger partial charge in [0.2, 0.25) is 0 Å². The standard InChI is InChI=1S/C8H11NO2/c1-3-5-8(11)9-6-7(10)4-2/h4,6H2,1-2H3,(H,9,11). The SMILES string of the molecule is CC#CC(=O)NCC(=O)CC. The van der Waals surface area contributed by atoms with Crippen LogP contribution in [-0.2, 0) is 9.59 Å². The maximum absolute atomic E-state index is 10.7. The van der Waals surface area contributed by atoms with Crippen LogP contribution in [0, 0.1) is 11.8 Å². The second kappa shape index (κ2) is 5.48. The van der Waals surface area contributed by atoms with Gasteiger partial charge in [-0.3, -0.25) is 9.59 Å². The first-order chi connectivity index (χ1) is 5.20. The molecule has 0 aliphatic carbocycles. The van der Waals surface area contributed by atoms with E-state index in [1.165, 1.54) is 0 Å². The minimum atomic E-state index is -0.394. The van der Waals surface area contributed by atoms with Crippen LogP contribution in [0.3, 0.4) is 0 Å². The molecule has 0 fully saturated rings. The molecule has 0 aliphatic heterocycles. The Balaban J connectivity index is 3.60. The van der Waals surface area contributed by atoms with Crippen molar-refractivity contribution in [2.24, 2.45) is 0 Å². The minimum Gasteiger partial charge on any atom is -0.338 e. The summed E-state index contributed by atoms with van der Waals surface area (Å²) in [6.45, 7) is 3.41. The fourth-order valence-electron chi connectivity index (χ4n) is 0.462. The van der Waals surface area contributed by atoms with E-state index < -0.39 is 5.91 Å². The molecule has 0 rings (SSSR count). The lowest BCUT2D eigenvalue weighted by Gasteiger charge is -1.95. The fourth-order valence-corrected chi connectivity index (χ4v) is 0.462. The van der Waals surface area contributed by atoms with E-state index in [9.17, 15) is 9.59 Å². The maximum atomic E-state index is 10.7. The van der Waals surface area contributed by atoms with E-state index in [-0.39, 0.29) is 12.3 Å². The average Bonchev–Trinajstić information content (AvgIpc) is 2.01. The Morgan fingerprint density at radius 1 is 1.45 bits per heavy atom. The molecule has 1 N–H and O–H groups in total. The number of rotatable bonds is 3. The Bertz CT molecular complexity index is 210.